The first-order valence-corrected chi connectivity index (χ1v) is 5.48. The SMILES string of the molecule is C#C.CC.CC.O=CNCc1ccccc1. The molecule has 1 amide bonds. The van der Waals surface area contributed by atoms with Gasteiger partial charge in [-0.3, -0.25) is 4.79 Å². The first-order chi connectivity index (χ1) is 7.93. The van der Waals surface area contributed by atoms with Crippen LogP contribution in [0.5, 0.6) is 0 Å². The molecule has 0 aromatic heterocycles. The fourth-order valence-electron chi connectivity index (χ4n) is 0.755. The molecule has 1 rings (SSSR count). The summed E-state index contributed by atoms with van der Waals surface area (Å²) in [6, 6.07) is 9.78. The molecule has 1 aromatic rings. The Labute approximate surface area is 100 Å². The van der Waals surface area contributed by atoms with Gasteiger partial charge in [0.1, 0.15) is 0 Å². The molecular formula is C14H23NO. The van der Waals surface area contributed by atoms with Crippen LogP contribution in [-0.2, 0) is 11.3 Å². The molecule has 0 atom stereocenters. The highest BCUT2D eigenvalue weighted by atomic mass is 16.1. The summed E-state index contributed by atoms with van der Waals surface area (Å²) in [6.45, 7) is 8.62. The highest BCUT2D eigenvalue weighted by molar-refractivity contribution is 5.46. The van der Waals surface area contributed by atoms with Gasteiger partial charge in [0, 0.05) is 6.54 Å². The van der Waals surface area contributed by atoms with Gasteiger partial charge in [0.15, 0.2) is 0 Å². The van der Waals surface area contributed by atoms with Crippen molar-refractivity contribution in [2.45, 2.75) is 34.2 Å². The minimum absolute atomic E-state index is 0.615. The Morgan fingerprint density at radius 2 is 1.50 bits per heavy atom. The van der Waals surface area contributed by atoms with E-state index < -0.39 is 0 Å². The summed E-state index contributed by atoms with van der Waals surface area (Å²) in [6.07, 6.45) is 8.70. The summed E-state index contributed by atoms with van der Waals surface area (Å²) < 4.78 is 0. The predicted octanol–water partition coefficient (Wildman–Crippen LogP) is 3.23. The van der Waals surface area contributed by atoms with Crippen LogP contribution in [0.25, 0.3) is 0 Å². The van der Waals surface area contributed by atoms with Crippen LogP contribution in [0, 0.1) is 12.8 Å². The Bertz CT molecular complexity index is 229. The van der Waals surface area contributed by atoms with E-state index in [9.17, 15) is 4.79 Å². The molecule has 1 aromatic carbocycles. The first kappa shape index (κ1) is 19.8. The number of rotatable bonds is 3. The largest absolute Gasteiger partial charge is 0.355 e. The maximum atomic E-state index is 9.87. The average molecular weight is 221 g/mol. The number of benzene rings is 1. The summed E-state index contributed by atoms with van der Waals surface area (Å²) in [7, 11) is 0. The van der Waals surface area contributed by atoms with Crippen LogP contribution in [0.2, 0.25) is 0 Å². The zero-order valence-electron chi connectivity index (χ0n) is 10.7. The Kier molecular flexibility index (Phi) is 28.7. The van der Waals surface area contributed by atoms with Gasteiger partial charge < -0.3 is 5.32 Å². The Hall–Kier alpha value is -1.75. The maximum absolute atomic E-state index is 9.87. The molecule has 2 heteroatoms. The summed E-state index contributed by atoms with van der Waals surface area (Å²) in [4.78, 5) is 9.87. The molecular weight excluding hydrogens is 198 g/mol. The van der Waals surface area contributed by atoms with Crippen LogP contribution in [0.1, 0.15) is 33.3 Å². The van der Waals surface area contributed by atoms with E-state index in [2.05, 4.69) is 18.2 Å². The lowest BCUT2D eigenvalue weighted by Crippen LogP contribution is -2.09. The average Bonchev–Trinajstić information content (AvgIpc) is 2.44. The van der Waals surface area contributed by atoms with Gasteiger partial charge in [-0.05, 0) is 5.56 Å². The second kappa shape index (κ2) is 23.2. The zero-order chi connectivity index (χ0) is 13.2. The molecule has 0 heterocycles. The van der Waals surface area contributed by atoms with Crippen molar-refractivity contribution >= 4 is 6.41 Å². The van der Waals surface area contributed by atoms with Gasteiger partial charge in [-0.2, -0.15) is 0 Å². The molecule has 0 aliphatic rings. The molecule has 0 spiro atoms. The number of hydrogen-bond acceptors (Lipinski definition) is 1. The molecule has 2 nitrogen and oxygen atoms in total. The van der Waals surface area contributed by atoms with E-state index in [4.69, 9.17) is 0 Å². The smallest absolute Gasteiger partial charge is 0.207 e. The van der Waals surface area contributed by atoms with Crippen LogP contribution >= 0.6 is 0 Å². The van der Waals surface area contributed by atoms with E-state index in [1.807, 2.05) is 58.0 Å². The number of nitrogens with one attached hydrogen (secondary N) is 1. The van der Waals surface area contributed by atoms with Crippen LogP contribution in [0.15, 0.2) is 30.3 Å². The van der Waals surface area contributed by atoms with E-state index >= 15 is 0 Å². The third-order valence-electron chi connectivity index (χ3n) is 1.23. The molecule has 0 aliphatic carbocycles. The second-order valence-corrected chi connectivity index (χ2v) is 1.98. The Morgan fingerprint density at radius 1 is 1.06 bits per heavy atom. The van der Waals surface area contributed by atoms with Crippen LogP contribution in [0.4, 0.5) is 0 Å². The van der Waals surface area contributed by atoms with E-state index in [0.717, 1.165) is 5.56 Å². The van der Waals surface area contributed by atoms with Crippen molar-refractivity contribution in [2.24, 2.45) is 0 Å². The minimum atomic E-state index is 0.615. The van der Waals surface area contributed by atoms with Crippen molar-refractivity contribution in [3.8, 4) is 12.8 Å². The molecule has 1 N–H and O–H groups in total. The Balaban J connectivity index is -0.000000245. The number of hydrogen-bond donors (Lipinski definition) is 1. The predicted molar refractivity (Wildman–Crippen MR) is 71.9 cm³/mol. The molecule has 0 bridgehead atoms. The first-order valence-electron chi connectivity index (χ1n) is 5.48. The third kappa shape index (κ3) is 14.8. The lowest BCUT2D eigenvalue weighted by atomic mass is 10.2. The molecule has 0 saturated carbocycles. The zero-order valence-corrected chi connectivity index (χ0v) is 10.7. The lowest BCUT2D eigenvalue weighted by molar-refractivity contribution is -0.109. The monoisotopic (exact) mass is 221 g/mol. The number of carbonyl (C=O) groups is 1. The van der Waals surface area contributed by atoms with Crippen LogP contribution in [0.3, 0.4) is 0 Å². The summed E-state index contributed by atoms with van der Waals surface area (Å²) in [5.74, 6) is 0. The fourth-order valence-corrected chi connectivity index (χ4v) is 0.755. The quantitative estimate of drug-likeness (QED) is 0.616. The van der Waals surface area contributed by atoms with Gasteiger partial charge >= 0.3 is 0 Å². The van der Waals surface area contributed by atoms with Crippen molar-refractivity contribution in [1.29, 1.82) is 0 Å². The van der Waals surface area contributed by atoms with E-state index in [1.165, 1.54) is 0 Å². The maximum Gasteiger partial charge on any atom is 0.207 e. The van der Waals surface area contributed by atoms with Crippen LogP contribution < -0.4 is 5.32 Å². The highest BCUT2D eigenvalue weighted by Crippen LogP contribution is 1.95. The molecule has 0 saturated heterocycles. The number of amides is 1. The fraction of sp³-hybridized carbons (Fsp3) is 0.357. The summed E-state index contributed by atoms with van der Waals surface area (Å²) in [5, 5.41) is 2.58. The molecule has 0 radical (unpaired) electrons. The summed E-state index contributed by atoms with van der Waals surface area (Å²) in [5.41, 5.74) is 1.12. The second-order valence-electron chi connectivity index (χ2n) is 1.98. The molecule has 0 aliphatic heterocycles. The van der Waals surface area contributed by atoms with Crippen molar-refractivity contribution in [1.82, 2.24) is 5.32 Å². The van der Waals surface area contributed by atoms with Crippen molar-refractivity contribution in [2.75, 3.05) is 0 Å². The molecule has 0 unspecified atom stereocenters. The van der Waals surface area contributed by atoms with E-state index in [1.54, 1.807) is 0 Å². The minimum Gasteiger partial charge on any atom is -0.355 e. The van der Waals surface area contributed by atoms with E-state index in [0.29, 0.717) is 13.0 Å². The highest BCUT2D eigenvalue weighted by Gasteiger charge is 1.85. The van der Waals surface area contributed by atoms with Gasteiger partial charge in [0.05, 0.1) is 0 Å². The normalized spacial score (nSPS) is 6.38. The summed E-state index contributed by atoms with van der Waals surface area (Å²) >= 11 is 0. The van der Waals surface area contributed by atoms with Gasteiger partial charge in [0.25, 0.3) is 0 Å². The molecule has 0 fully saturated rings. The van der Waals surface area contributed by atoms with Gasteiger partial charge in [0.2, 0.25) is 6.41 Å². The number of carbonyl (C=O) groups excluding carboxylic acids is 1. The molecule has 90 valence electrons. The van der Waals surface area contributed by atoms with Crippen molar-refractivity contribution < 1.29 is 4.79 Å². The van der Waals surface area contributed by atoms with Gasteiger partial charge in [-0.1, -0.05) is 58.0 Å². The van der Waals surface area contributed by atoms with Crippen molar-refractivity contribution in [3.05, 3.63) is 35.9 Å². The lowest BCUT2D eigenvalue weighted by Gasteiger charge is -1.96. The third-order valence-corrected chi connectivity index (χ3v) is 1.23. The number of terminal acetylenes is 1. The van der Waals surface area contributed by atoms with Gasteiger partial charge in [-0.25, -0.2) is 0 Å². The van der Waals surface area contributed by atoms with Crippen LogP contribution in [-0.4, -0.2) is 6.41 Å². The topological polar surface area (TPSA) is 29.1 Å². The van der Waals surface area contributed by atoms with Gasteiger partial charge in [-0.15, -0.1) is 12.8 Å². The van der Waals surface area contributed by atoms with E-state index in [-0.39, 0.29) is 0 Å². The molecule has 16 heavy (non-hydrogen) atoms. The Morgan fingerprint density at radius 3 is 1.88 bits per heavy atom. The standard InChI is InChI=1S/C8H9NO.2C2H6.C2H2/c10-7-9-6-8-4-2-1-3-5-8;3*1-2/h1-5,7H,6H2,(H,9,10);2*1-2H3;1-2H. The van der Waals surface area contributed by atoms with Crippen molar-refractivity contribution in [3.63, 3.8) is 0 Å².